The summed E-state index contributed by atoms with van der Waals surface area (Å²) in [5, 5.41) is 3.80. The zero-order valence-corrected chi connectivity index (χ0v) is 14.3. The molecule has 0 aliphatic carbocycles. The molecule has 5 nitrogen and oxygen atoms in total. The predicted molar refractivity (Wildman–Crippen MR) is 95.4 cm³/mol. The van der Waals surface area contributed by atoms with E-state index >= 15 is 0 Å². The fourth-order valence-corrected chi connectivity index (χ4v) is 3.08. The van der Waals surface area contributed by atoms with E-state index in [-0.39, 0.29) is 12.0 Å². The van der Waals surface area contributed by atoms with Crippen LogP contribution in [0.25, 0.3) is 6.08 Å². The van der Waals surface area contributed by atoms with Crippen LogP contribution in [-0.2, 0) is 9.53 Å². The number of carbonyl (C=O) groups excluding carboxylic acids is 1. The van der Waals surface area contributed by atoms with Crippen molar-refractivity contribution in [3.05, 3.63) is 46.4 Å². The average molecular weight is 344 g/mol. The second-order valence-corrected chi connectivity index (χ2v) is 6.84. The minimum absolute atomic E-state index is 0.172. The van der Waals surface area contributed by atoms with Crippen LogP contribution in [0.4, 0.5) is 5.69 Å². The molecule has 1 aliphatic rings. The van der Waals surface area contributed by atoms with Crippen LogP contribution in [0.2, 0.25) is 0 Å². The Morgan fingerprint density at radius 2 is 2.29 bits per heavy atom. The normalized spacial score (nSPS) is 17.3. The maximum absolute atomic E-state index is 11.9. The Morgan fingerprint density at radius 1 is 1.46 bits per heavy atom. The number of thiazole rings is 1. The van der Waals surface area contributed by atoms with Gasteiger partial charge in [0.15, 0.2) is 0 Å². The second-order valence-electron chi connectivity index (χ2n) is 5.57. The SMILES string of the molecule is Cc1ncc(C=CC(=O)Nc2ccc(OCC3CCCO3)cc2)s1. The molecule has 1 aromatic heterocycles. The fraction of sp³-hybridized carbons (Fsp3) is 0.333. The van der Waals surface area contributed by atoms with E-state index in [1.807, 2.05) is 31.2 Å². The number of carbonyl (C=O) groups is 1. The molecule has 24 heavy (non-hydrogen) atoms. The van der Waals surface area contributed by atoms with Crippen molar-refractivity contribution >= 4 is 29.0 Å². The lowest BCUT2D eigenvalue weighted by molar-refractivity contribution is -0.111. The van der Waals surface area contributed by atoms with Crippen LogP contribution in [0.1, 0.15) is 22.7 Å². The Morgan fingerprint density at radius 3 is 2.96 bits per heavy atom. The molecule has 2 aromatic rings. The van der Waals surface area contributed by atoms with E-state index in [9.17, 15) is 4.79 Å². The van der Waals surface area contributed by atoms with Crippen LogP contribution < -0.4 is 10.1 Å². The van der Waals surface area contributed by atoms with E-state index in [0.717, 1.165) is 40.8 Å². The summed E-state index contributed by atoms with van der Waals surface area (Å²) >= 11 is 1.55. The van der Waals surface area contributed by atoms with Crippen molar-refractivity contribution in [1.82, 2.24) is 4.98 Å². The van der Waals surface area contributed by atoms with Crippen molar-refractivity contribution in [2.45, 2.75) is 25.9 Å². The first-order valence-corrected chi connectivity index (χ1v) is 8.77. The molecule has 1 atom stereocenters. The number of benzene rings is 1. The van der Waals surface area contributed by atoms with Gasteiger partial charge in [0.25, 0.3) is 0 Å². The molecule has 1 aliphatic heterocycles. The molecule has 0 saturated carbocycles. The first-order chi connectivity index (χ1) is 11.7. The summed E-state index contributed by atoms with van der Waals surface area (Å²) in [5.41, 5.74) is 0.731. The molecule has 1 saturated heterocycles. The summed E-state index contributed by atoms with van der Waals surface area (Å²) < 4.78 is 11.2. The molecule has 3 rings (SSSR count). The Hall–Kier alpha value is -2.18. The van der Waals surface area contributed by atoms with Gasteiger partial charge in [-0.3, -0.25) is 4.79 Å². The lowest BCUT2D eigenvalue weighted by atomic mass is 10.2. The number of aryl methyl sites for hydroxylation is 1. The van der Waals surface area contributed by atoms with Gasteiger partial charge >= 0.3 is 0 Å². The standard InChI is InChI=1S/C18H20N2O3S/c1-13-19-11-17(24-13)8-9-18(21)20-14-4-6-15(7-5-14)23-12-16-3-2-10-22-16/h4-9,11,16H,2-3,10,12H2,1H3,(H,20,21). The van der Waals surface area contributed by atoms with E-state index in [4.69, 9.17) is 9.47 Å². The highest BCUT2D eigenvalue weighted by molar-refractivity contribution is 7.12. The van der Waals surface area contributed by atoms with Crippen molar-refractivity contribution < 1.29 is 14.3 Å². The van der Waals surface area contributed by atoms with Gasteiger partial charge in [0.1, 0.15) is 12.4 Å². The highest BCUT2D eigenvalue weighted by atomic mass is 32.1. The number of nitrogens with zero attached hydrogens (tertiary/aromatic N) is 1. The summed E-state index contributed by atoms with van der Waals surface area (Å²) in [5.74, 6) is 0.605. The summed E-state index contributed by atoms with van der Waals surface area (Å²) in [7, 11) is 0. The highest BCUT2D eigenvalue weighted by Crippen LogP contribution is 2.19. The minimum Gasteiger partial charge on any atom is -0.491 e. The predicted octanol–water partition coefficient (Wildman–Crippen LogP) is 3.66. The molecular formula is C18H20N2O3S. The van der Waals surface area contributed by atoms with Gasteiger partial charge in [0, 0.05) is 29.4 Å². The summed E-state index contributed by atoms with van der Waals surface area (Å²) in [4.78, 5) is 17.0. The lowest BCUT2D eigenvalue weighted by Gasteiger charge is -2.11. The average Bonchev–Trinajstić information content (AvgIpc) is 3.24. The Balaban J connectivity index is 1.48. The van der Waals surface area contributed by atoms with Gasteiger partial charge in [-0.05, 0) is 50.1 Å². The number of ether oxygens (including phenoxy) is 2. The fourth-order valence-electron chi connectivity index (χ4n) is 2.40. The third-order valence-corrected chi connectivity index (χ3v) is 4.50. The molecule has 1 N–H and O–H groups in total. The Labute approximate surface area is 145 Å². The number of amides is 1. The first-order valence-electron chi connectivity index (χ1n) is 7.95. The molecule has 2 heterocycles. The van der Waals surface area contributed by atoms with Crippen LogP contribution in [0.5, 0.6) is 5.75 Å². The minimum atomic E-state index is -0.172. The van der Waals surface area contributed by atoms with Crippen molar-refractivity contribution in [3.63, 3.8) is 0 Å². The van der Waals surface area contributed by atoms with Gasteiger partial charge in [0.05, 0.1) is 11.1 Å². The zero-order valence-electron chi connectivity index (χ0n) is 13.5. The summed E-state index contributed by atoms with van der Waals surface area (Å²) in [6.45, 7) is 3.33. The maximum Gasteiger partial charge on any atom is 0.248 e. The number of hydrogen-bond donors (Lipinski definition) is 1. The molecule has 1 unspecified atom stereocenters. The summed E-state index contributed by atoms with van der Waals surface area (Å²) in [6.07, 6.45) is 7.38. The number of hydrogen-bond acceptors (Lipinski definition) is 5. The number of rotatable bonds is 6. The molecule has 6 heteroatoms. The molecular weight excluding hydrogens is 324 g/mol. The van der Waals surface area contributed by atoms with E-state index in [1.54, 1.807) is 23.6 Å². The van der Waals surface area contributed by atoms with Crippen molar-refractivity contribution in [2.24, 2.45) is 0 Å². The molecule has 0 radical (unpaired) electrons. The van der Waals surface area contributed by atoms with E-state index in [0.29, 0.717) is 6.61 Å². The van der Waals surface area contributed by atoms with Crippen LogP contribution in [0.3, 0.4) is 0 Å². The summed E-state index contributed by atoms with van der Waals surface area (Å²) in [6, 6.07) is 7.35. The van der Waals surface area contributed by atoms with Crippen LogP contribution in [0, 0.1) is 6.92 Å². The number of aromatic nitrogens is 1. The van der Waals surface area contributed by atoms with Crippen LogP contribution >= 0.6 is 11.3 Å². The van der Waals surface area contributed by atoms with Gasteiger partial charge in [-0.1, -0.05) is 0 Å². The Kier molecular flexibility index (Phi) is 5.61. The first kappa shape index (κ1) is 16.7. The topological polar surface area (TPSA) is 60.5 Å². The third-order valence-electron chi connectivity index (χ3n) is 3.62. The molecule has 0 bridgehead atoms. The van der Waals surface area contributed by atoms with Crippen molar-refractivity contribution in [2.75, 3.05) is 18.5 Å². The van der Waals surface area contributed by atoms with Gasteiger partial charge in [-0.2, -0.15) is 0 Å². The van der Waals surface area contributed by atoms with Crippen molar-refractivity contribution in [1.29, 1.82) is 0 Å². The van der Waals surface area contributed by atoms with Crippen LogP contribution in [-0.4, -0.2) is 30.2 Å². The largest absolute Gasteiger partial charge is 0.491 e. The number of anilines is 1. The smallest absolute Gasteiger partial charge is 0.248 e. The molecule has 0 spiro atoms. The third kappa shape index (κ3) is 4.91. The van der Waals surface area contributed by atoms with Gasteiger partial charge in [0.2, 0.25) is 5.91 Å². The van der Waals surface area contributed by atoms with Gasteiger partial charge in [-0.15, -0.1) is 11.3 Å². The second kappa shape index (κ2) is 8.08. The molecule has 126 valence electrons. The zero-order chi connectivity index (χ0) is 16.8. The maximum atomic E-state index is 11.9. The number of nitrogens with one attached hydrogen (secondary N) is 1. The van der Waals surface area contributed by atoms with Crippen LogP contribution in [0.15, 0.2) is 36.5 Å². The van der Waals surface area contributed by atoms with Crippen molar-refractivity contribution in [3.8, 4) is 5.75 Å². The van der Waals surface area contributed by atoms with Gasteiger partial charge in [-0.25, -0.2) is 4.98 Å². The molecule has 1 amide bonds. The van der Waals surface area contributed by atoms with E-state index < -0.39 is 0 Å². The Bertz CT molecular complexity index is 703. The van der Waals surface area contributed by atoms with Gasteiger partial charge < -0.3 is 14.8 Å². The monoisotopic (exact) mass is 344 g/mol. The van der Waals surface area contributed by atoms with E-state index in [1.165, 1.54) is 6.08 Å². The van der Waals surface area contributed by atoms with E-state index in [2.05, 4.69) is 10.3 Å². The molecule has 1 fully saturated rings. The quantitative estimate of drug-likeness (QED) is 0.813. The molecule has 1 aromatic carbocycles. The lowest BCUT2D eigenvalue weighted by Crippen LogP contribution is -2.16. The highest BCUT2D eigenvalue weighted by Gasteiger charge is 2.15.